The SMILES string of the molecule is O=C(COC(=O)[C@@H]1[C@@H]2C[C@H]3[C@H](OC(=O)[C@@H]31)[C@@H]2Br)c1ccc(Cl)cc1. The standard InChI is InChI=1S/C17H14BrClO5/c18-14-9-5-10-13(17(22)24-15(10)14)12(9)16(21)23-6-11(20)7-1-3-8(19)4-2-7/h1-4,9-10,12-15H,5-6H2/t9-,10+,12+,13-,14+,15-/m0/s1. The molecule has 1 aromatic carbocycles. The minimum atomic E-state index is -0.524. The van der Waals surface area contributed by atoms with Gasteiger partial charge in [0.15, 0.2) is 12.4 Å². The summed E-state index contributed by atoms with van der Waals surface area (Å²) in [5.41, 5.74) is 0.429. The van der Waals surface area contributed by atoms with E-state index in [-0.39, 0.29) is 41.1 Å². The molecule has 2 aliphatic carbocycles. The van der Waals surface area contributed by atoms with E-state index in [0.717, 1.165) is 6.42 Å². The van der Waals surface area contributed by atoms with Gasteiger partial charge in [-0.05, 0) is 36.6 Å². The molecule has 7 heteroatoms. The van der Waals surface area contributed by atoms with Crippen LogP contribution >= 0.6 is 27.5 Å². The van der Waals surface area contributed by atoms with Crippen molar-refractivity contribution >= 4 is 45.3 Å². The summed E-state index contributed by atoms with van der Waals surface area (Å²) in [4.78, 5) is 36.6. The molecule has 24 heavy (non-hydrogen) atoms. The van der Waals surface area contributed by atoms with Crippen LogP contribution in [0.4, 0.5) is 0 Å². The molecule has 1 heterocycles. The Morgan fingerprint density at radius 1 is 1.25 bits per heavy atom. The van der Waals surface area contributed by atoms with Crippen LogP contribution < -0.4 is 0 Å². The molecule has 1 saturated heterocycles. The summed E-state index contributed by atoms with van der Waals surface area (Å²) in [6, 6.07) is 6.39. The maximum atomic E-state index is 12.5. The number of fused-ring (bicyclic) bond motifs is 1. The lowest BCUT2D eigenvalue weighted by Crippen LogP contribution is -2.39. The smallest absolute Gasteiger partial charge is 0.310 e. The maximum Gasteiger partial charge on any atom is 0.310 e. The van der Waals surface area contributed by atoms with Gasteiger partial charge in [0.25, 0.3) is 0 Å². The van der Waals surface area contributed by atoms with Crippen molar-refractivity contribution in [3.8, 4) is 0 Å². The van der Waals surface area contributed by atoms with Crippen LogP contribution in [-0.2, 0) is 19.1 Å². The number of ether oxygens (including phenoxy) is 2. The van der Waals surface area contributed by atoms with Crippen LogP contribution in [0.3, 0.4) is 0 Å². The third-order valence-corrected chi connectivity index (χ3v) is 6.76. The summed E-state index contributed by atoms with van der Waals surface area (Å²) in [5, 5.41) is 0.531. The molecular formula is C17H14BrClO5. The molecule has 5 nitrogen and oxygen atoms in total. The molecule has 2 bridgehead atoms. The maximum absolute atomic E-state index is 12.5. The van der Waals surface area contributed by atoms with Gasteiger partial charge in [-0.2, -0.15) is 0 Å². The number of alkyl halides is 1. The summed E-state index contributed by atoms with van der Waals surface area (Å²) >= 11 is 9.33. The molecular weight excluding hydrogens is 400 g/mol. The van der Waals surface area contributed by atoms with Crippen molar-refractivity contribution in [2.75, 3.05) is 6.61 Å². The second kappa shape index (κ2) is 5.85. The summed E-state index contributed by atoms with van der Waals surface area (Å²) < 4.78 is 10.6. The first-order chi connectivity index (χ1) is 11.5. The lowest BCUT2D eigenvalue weighted by Gasteiger charge is -2.26. The average Bonchev–Trinajstić information content (AvgIpc) is 3.17. The van der Waals surface area contributed by atoms with E-state index >= 15 is 0 Å². The normalized spacial score (nSPS) is 35.8. The van der Waals surface area contributed by atoms with Gasteiger partial charge in [0.2, 0.25) is 0 Å². The predicted octanol–water partition coefficient (Wildman–Crippen LogP) is 2.64. The molecule has 126 valence electrons. The minimum Gasteiger partial charge on any atom is -0.461 e. The van der Waals surface area contributed by atoms with Crippen LogP contribution in [-0.4, -0.2) is 35.3 Å². The molecule has 0 aromatic heterocycles. The third kappa shape index (κ3) is 2.39. The molecule has 3 aliphatic rings. The Labute approximate surface area is 151 Å². The molecule has 4 rings (SSSR count). The lowest BCUT2D eigenvalue weighted by atomic mass is 9.80. The number of esters is 2. The molecule has 1 aromatic rings. The van der Waals surface area contributed by atoms with Crippen LogP contribution in [0.25, 0.3) is 0 Å². The lowest BCUT2D eigenvalue weighted by molar-refractivity contribution is -0.154. The van der Waals surface area contributed by atoms with Crippen molar-refractivity contribution in [1.82, 2.24) is 0 Å². The summed E-state index contributed by atoms with van der Waals surface area (Å²) in [7, 11) is 0. The van der Waals surface area contributed by atoms with Gasteiger partial charge in [-0.25, -0.2) is 0 Å². The third-order valence-electron chi connectivity index (χ3n) is 5.31. The highest BCUT2D eigenvalue weighted by atomic mass is 79.9. The quantitative estimate of drug-likeness (QED) is 0.431. The number of Topliss-reactive ketones (excluding diaryl/α,β-unsaturated/α-hetero) is 1. The zero-order valence-corrected chi connectivity index (χ0v) is 14.8. The van der Waals surface area contributed by atoms with Crippen molar-refractivity contribution in [2.24, 2.45) is 23.7 Å². The van der Waals surface area contributed by atoms with E-state index in [1.54, 1.807) is 24.3 Å². The molecule has 0 amide bonds. The van der Waals surface area contributed by atoms with E-state index in [9.17, 15) is 14.4 Å². The summed E-state index contributed by atoms with van der Waals surface area (Å²) in [5.74, 6) is -1.95. The van der Waals surface area contributed by atoms with Gasteiger partial charge in [0.05, 0.1) is 16.7 Å². The monoisotopic (exact) mass is 412 g/mol. The molecule has 0 unspecified atom stereocenters. The van der Waals surface area contributed by atoms with Gasteiger partial charge < -0.3 is 9.47 Å². The average molecular weight is 414 g/mol. The molecule has 1 aliphatic heterocycles. The number of hydrogen-bond donors (Lipinski definition) is 0. The number of carbonyl (C=O) groups is 3. The topological polar surface area (TPSA) is 69.7 Å². The Balaban J connectivity index is 1.43. The fourth-order valence-corrected chi connectivity index (χ4v) is 5.42. The second-order valence-electron chi connectivity index (χ2n) is 6.50. The van der Waals surface area contributed by atoms with Gasteiger partial charge in [0, 0.05) is 16.5 Å². The number of halogens is 2. The van der Waals surface area contributed by atoms with Crippen LogP contribution in [0, 0.1) is 23.7 Å². The molecule has 0 spiro atoms. The highest BCUT2D eigenvalue weighted by molar-refractivity contribution is 9.09. The van der Waals surface area contributed by atoms with Crippen molar-refractivity contribution in [2.45, 2.75) is 17.4 Å². The van der Waals surface area contributed by atoms with Gasteiger partial charge in [-0.1, -0.05) is 27.5 Å². The number of carbonyl (C=O) groups excluding carboxylic acids is 3. The van der Waals surface area contributed by atoms with Crippen LogP contribution in [0.5, 0.6) is 0 Å². The highest BCUT2D eigenvalue weighted by Gasteiger charge is 2.68. The van der Waals surface area contributed by atoms with E-state index < -0.39 is 17.8 Å². The van der Waals surface area contributed by atoms with Crippen LogP contribution in [0.2, 0.25) is 5.02 Å². The van der Waals surface area contributed by atoms with Gasteiger partial charge >= 0.3 is 11.9 Å². The van der Waals surface area contributed by atoms with E-state index in [0.29, 0.717) is 10.6 Å². The molecule has 3 fully saturated rings. The van der Waals surface area contributed by atoms with Crippen molar-refractivity contribution in [1.29, 1.82) is 0 Å². The van der Waals surface area contributed by atoms with E-state index in [2.05, 4.69) is 15.9 Å². The zero-order valence-electron chi connectivity index (χ0n) is 12.5. The van der Waals surface area contributed by atoms with Gasteiger partial charge in [-0.3, -0.25) is 14.4 Å². The van der Waals surface area contributed by atoms with Crippen molar-refractivity contribution in [3.63, 3.8) is 0 Å². The second-order valence-corrected chi connectivity index (χ2v) is 7.99. The largest absolute Gasteiger partial charge is 0.461 e. The predicted molar refractivity (Wildman–Crippen MR) is 87.9 cm³/mol. The van der Waals surface area contributed by atoms with E-state index in [4.69, 9.17) is 21.1 Å². The summed E-state index contributed by atoms with van der Waals surface area (Å²) in [6.07, 6.45) is 0.647. The first kappa shape index (κ1) is 16.1. The van der Waals surface area contributed by atoms with Crippen molar-refractivity contribution in [3.05, 3.63) is 34.9 Å². The molecule has 0 N–H and O–H groups in total. The number of benzene rings is 1. The van der Waals surface area contributed by atoms with Crippen molar-refractivity contribution < 1.29 is 23.9 Å². The molecule has 6 atom stereocenters. The Hall–Kier alpha value is -1.40. The highest BCUT2D eigenvalue weighted by Crippen LogP contribution is 2.60. The van der Waals surface area contributed by atoms with Gasteiger partial charge in [0.1, 0.15) is 6.10 Å². The Kier molecular flexibility index (Phi) is 3.92. The number of ketones is 1. The summed E-state index contributed by atoms with van der Waals surface area (Å²) in [6.45, 7) is -0.341. The fourth-order valence-electron chi connectivity index (χ4n) is 4.25. The van der Waals surface area contributed by atoms with E-state index in [1.807, 2.05) is 0 Å². The van der Waals surface area contributed by atoms with E-state index in [1.165, 1.54) is 0 Å². The molecule has 0 radical (unpaired) electrons. The Morgan fingerprint density at radius 2 is 1.96 bits per heavy atom. The zero-order chi connectivity index (χ0) is 17.0. The fraction of sp³-hybridized carbons (Fsp3) is 0.471. The molecule has 2 saturated carbocycles. The Morgan fingerprint density at radius 3 is 2.67 bits per heavy atom. The number of rotatable bonds is 4. The van der Waals surface area contributed by atoms with Crippen LogP contribution in [0.1, 0.15) is 16.8 Å². The van der Waals surface area contributed by atoms with Crippen LogP contribution in [0.15, 0.2) is 24.3 Å². The minimum absolute atomic E-state index is 0.0188. The Bertz CT molecular complexity index is 718. The first-order valence-electron chi connectivity index (χ1n) is 7.77. The first-order valence-corrected chi connectivity index (χ1v) is 9.06. The number of hydrogen-bond acceptors (Lipinski definition) is 5. The van der Waals surface area contributed by atoms with Gasteiger partial charge in [-0.15, -0.1) is 0 Å².